The summed E-state index contributed by atoms with van der Waals surface area (Å²) in [6, 6.07) is 12.7. The molecule has 0 aliphatic rings. The van der Waals surface area contributed by atoms with Gasteiger partial charge in [0.15, 0.2) is 0 Å². The van der Waals surface area contributed by atoms with E-state index < -0.39 is 27.2 Å². The number of amides is 1. The molecule has 0 spiro atoms. The third kappa shape index (κ3) is 5.48. The Morgan fingerprint density at radius 1 is 1.10 bits per heavy atom. The first-order chi connectivity index (χ1) is 14.7. The minimum absolute atomic E-state index is 0.00686. The predicted molar refractivity (Wildman–Crippen MR) is 116 cm³/mol. The fourth-order valence-corrected chi connectivity index (χ4v) is 3.59. The minimum atomic E-state index is -3.77. The number of benzene rings is 2. The van der Waals surface area contributed by atoms with Crippen LogP contribution in [0.1, 0.15) is 21.5 Å². The van der Waals surface area contributed by atoms with Crippen LogP contribution in [0.2, 0.25) is 5.02 Å². The van der Waals surface area contributed by atoms with Crippen molar-refractivity contribution in [3.8, 4) is 0 Å². The van der Waals surface area contributed by atoms with Crippen molar-refractivity contribution in [3.63, 3.8) is 0 Å². The van der Waals surface area contributed by atoms with Crippen LogP contribution in [0.15, 0.2) is 69.2 Å². The van der Waals surface area contributed by atoms with Crippen LogP contribution in [0.3, 0.4) is 0 Å². The van der Waals surface area contributed by atoms with Crippen LogP contribution >= 0.6 is 11.6 Å². The lowest BCUT2D eigenvalue weighted by molar-refractivity contribution is 0.0951. The summed E-state index contributed by atoms with van der Waals surface area (Å²) in [6.07, 6.45) is 1.47. The first kappa shape index (κ1) is 22.5. The first-order valence-electron chi connectivity index (χ1n) is 9.12. The largest absolute Gasteiger partial charge is 0.351 e. The van der Waals surface area contributed by atoms with Gasteiger partial charge in [0, 0.05) is 17.8 Å². The highest BCUT2D eigenvalue weighted by Gasteiger charge is 2.15. The topological polar surface area (TPSA) is 144 Å². The molecule has 31 heavy (non-hydrogen) atoms. The van der Waals surface area contributed by atoms with Crippen LogP contribution in [0.5, 0.6) is 0 Å². The zero-order valence-electron chi connectivity index (χ0n) is 16.2. The van der Waals surface area contributed by atoms with Crippen LogP contribution in [0.25, 0.3) is 0 Å². The number of carbonyl (C=O) groups excluding carboxylic acids is 1. The molecule has 3 aromatic rings. The van der Waals surface area contributed by atoms with Crippen molar-refractivity contribution in [2.24, 2.45) is 5.14 Å². The van der Waals surface area contributed by atoms with Gasteiger partial charge in [-0.2, -0.15) is 0 Å². The Hall–Kier alpha value is -3.21. The molecule has 0 radical (unpaired) electrons. The lowest BCUT2D eigenvalue weighted by Gasteiger charge is -2.09. The number of sulfonamides is 1. The quantitative estimate of drug-likeness (QED) is 0.477. The Morgan fingerprint density at radius 2 is 1.77 bits per heavy atom. The molecule has 0 aliphatic heterocycles. The van der Waals surface area contributed by atoms with E-state index in [0.29, 0.717) is 17.0 Å². The summed E-state index contributed by atoms with van der Waals surface area (Å²) in [5, 5.41) is 8.07. The van der Waals surface area contributed by atoms with E-state index in [4.69, 9.17) is 16.7 Å². The van der Waals surface area contributed by atoms with Crippen LogP contribution in [0, 0.1) is 0 Å². The van der Waals surface area contributed by atoms with Gasteiger partial charge in [-0.3, -0.25) is 14.2 Å². The second-order valence-electron chi connectivity index (χ2n) is 6.69. The molecule has 0 bridgehead atoms. The van der Waals surface area contributed by atoms with Crippen molar-refractivity contribution in [3.05, 3.63) is 97.3 Å². The Morgan fingerprint density at radius 3 is 2.42 bits per heavy atom. The Labute approximate surface area is 182 Å². The van der Waals surface area contributed by atoms with E-state index in [0.717, 1.165) is 16.3 Å². The number of aromatic amines is 1. The number of primary sulfonamides is 1. The zero-order chi connectivity index (χ0) is 22.6. The van der Waals surface area contributed by atoms with E-state index in [1.807, 2.05) is 0 Å². The Kier molecular flexibility index (Phi) is 6.74. The van der Waals surface area contributed by atoms with Crippen molar-refractivity contribution in [1.82, 2.24) is 14.9 Å². The van der Waals surface area contributed by atoms with Gasteiger partial charge < -0.3 is 10.3 Å². The molecule has 0 atom stereocenters. The third-order valence-electron chi connectivity index (χ3n) is 4.54. The van der Waals surface area contributed by atoms with Gasteiger partial charge in [-0.25, -0.2) is 18.4 Å². The second kappa shape index (κ2) is 9.29. The number of nitrogens with zero attached hydrogens (tertiary/aromatic N) is 1. The highest BCUT2D eigenvalue weighted by Crippen LogP contribution is 2.15. The number of hydrogen-bond acceptors (Lipinski definition) is 5. The molecular weight excluding hydrogens is 444 g/mol. The molecule has 1 heterocycles. The van der Waals surface area contributed by atoms with Gasteiger partial charge in [-0.1, -0.05) is 41.9 Å². The summed E-state index contributed by atoms with van der Waals surface area (Å²) in [5.74, 6) is -0.643. The number of nitrogens with one attached hydrogen (secondary N) is 2. The number of rotatable bonds is 7. The molecule has 3 rings (SSSR count). The molecule has 9 nitrogen and oxygen atoms in total. The number of H-pyrrole nitrogens is 1. The number of hydrogen-bond donors (Lipinski definition) is 3. The summed E-state index contributed by atoms with van der Waals surface area (Å²) >= 11 is 6.10. The Balaban J connectivity index is 1.70. The minimum Gasteiger partial charge on any atom is -0.351 e. The number of aromatic nitrogens is 2. The maximum Gasteiger partial charge on any atom is 0.328 e. The average Bonchev–Trinajstić information content (AvgIpc) is 2.72. The van der Waals surface area contributed by atoms with Crippen LogP contribution in [0.4, 0.5) is 0 Å². The van der Waals surface area contributed by atoms with Gasteiger partial charge in [-0.15, -0.1) is 0 Å². The van der Waals surface area contributed by atoms with Crippen molar-refractivity contribution in [2.75, 3.05) is 6.54 Å². The lowest BCUT2D eigenvalue weighted by atomic mass is 10.1. The standard InChI is InChI=1S/C20H19ClN4O5S/c21-17-4-2-1-3-14(17)12-25-19(27)16(11-24-20(25)28)18(26)23-10-9-13-5-7-15(8-6-13)31(22,29)30/h1-8,11H,9-10,12H2,(H,23,26)(H,24,28)(H2,22,29,30). The fourth-order valence-electron chi connectivity index (χ4n) is 2.88. The lowest BCUT2D eigenvalue weighted by Crippen LogP contribution is -2.41. The van der Waals surface area contributed by atoms with E-state index >= 15 is 0 Å². The van der Waals surface area contributed by atoms with E-state index in [1.165, 1.54) is 12.1 Å². The number of carbonyl (C=O) groups is 1. The van der Waals surface area contributed by atoms with E-state index in [9.17, 15) is 22.8 Å². The molecule has 4 N–H and O–H groups in total. The van der Waals surface area contributed by atoms with Crippen LogP contribution in [-0.2, 0) is 23.0 Å². The van der Waals surface area contributed by atoms with Gasteiger partial charge in [0.1, 0.15) is 5.56 Å². The van der Waals surface area contributed by atoms with E-state index in [-0.39, 0.29) is 23.5 Å². The first-order valence-corrected chi connectivity index (χ1v) is 11.0. The van der Waals surface area contributed by atoms with Crippen molar-refractivity contribution < 1.29 is 13.2 Å². The third-order valence-corrected chi connectivity index (χ3v) is 5.84. The number of nitrogens with two attached hydrogens (primary N) is 1. The Bertz CT molecular complexity index is 1330. The fraction of sp³-hybridized carbons (Fsp3) is 0.150. The van der Waals surface area contributed by atoms with Gasteiger partial charge in [0.05, 0.1) is 11.4 Å². The van der Waals surface area contributed by atoms with Crippen molar-refractivity contribution in [1.29, 1.82) is 0 Å². The molecule has 0 aliphatic carbocycles. The average molecular weight is 463 g/mol. The summed E-state index contributed by atoms with van der Waals surface area (Å²) in [4.78, 5) is 39.6. The van der Waals surface area contributed by atoms with E-state index in [1.54, 1.807) is 36.4 Å². The molecule has 0 saturated heterocycles. The molecule has 0 fully saturated rings. The van der Waals surface area contributed by atoms with E-state index in [2.05, 4.69) is 10.3 Å². The molecule has 1 amide bonds. The predicted octanol–water partition coefficient (Wildman–Crippen LogP) is 0.858. The van der Waals surface area contributed by atoms with Gasteiger partial charge in [0.25, 0.3) is 11.5 Å². The van der Waals surface area contributed by atoms with Crippen molar-refractivity contribution in [2.45, 2.75) is 17.9 Å². The van der Waals surface area contributed by atoms with Crippen LogP contribution in [-0.4, -0.2) is 30.4 Å². The summed E-state index contributed by atoms with van der Waals surface area (Å²) in [6.45, 7) is 0.113. The molecule has 1 aromatic heterocycles. The SMILES string of the molecule is NS(=O)(=O)c1ccc(CCNC(=O)c2c[nH]c(=O)n(Cc3ccccc3Cl)c2=O)cc1. The maximum atomic E-state index is 12.7. The van der Waals surface area contributed by atoms with Gasteiger partial charge in [0.2, 0.25) is 10.0 Å². The summed E-state index contributed by atoms with van der Waals surface area (Å²) in [5.41, 5.74) is -0.270. The smallest absolute Gasteiger partial charge is 0.328 e. The molecule has 2 aromatic carbocycles. The molecule has 0 unspecified atom stereocenters. The summed E-state index contributed by atoms with van der Waals surface area (Å²) < 4.78 is 23.5. The highest BCUT2D eigenvalue weighted by atomic mass is 35.5. The molecular formula is C20H19ClN4O5S. The van der Waals surface area contributed by atoms with Crippen molar-refractivity contribution >= 4 is 27.5 Å². The normalized spacial score (nSPS) is 11.3. The zero-order valence-corrected chi connectivity index (χ0v) is 17.7. The maximum absolute atomic E-state index is 12.7. The highest BCUT2D eigenvalue weighted by molar-refractivity contribution is 7.89. The van der Waals surface area contributed by atoms with Gasteiger partial charge >= 0.3 is 5.69 Å². The van der Waals surface area contributed by atoms with Gasteiger partial charge in [-0.05, 0) is 35.7 Å². The molecule has 162 valence electrons. The summed E-state index contributed by atoms with van der Waals surface area (Å²) in [7, 11) is -3.77. The monoisotopic (exact) mass is 462 g/mol. The molecule has 0 saturated carbocycles. The molecule has 11 heteroatoms. The van der Waals surface area contributed by atoms with Crippen LogP contribution < -0.4 is 21.7 Å². The number of halogens is 1. The second-order valence-corrected chi connectivity index (χ2v) is 8.65.